The molecule has 1 aromatic rings. The first-order valence-corrected chi connectivity index (χ1v) is 12.8. The van der Waals surface area contributed by atoms with Crippen molar-refractivity contribution in [2.24, 2.45) is 4.99 Å². The minimum Gasteiger partial charge on any atom is -0.327 e. The zero-order chi connectivity index (χ0) is 22.7. The zero-order valence-corrected chi connectivity index (χ0v) is 20.7. The molecule has 4 nitrogen and oxygen atoms in total. The normalized spacial score (nSPS) is 24.1. The zero-order valence-electron chi connectivity index (χ0n) is 19.0. The molecule has 3 aliphatic rings. The summed E-state index contributed by atoms with van der Waals surface area (Å²) in [6.45, 7) is 1.50. The molecule has 3 fully saturated rings. The Bertz CT molecular complexity index is 821. The number of hydrogen-bond donors (Lipinski definition) is 0. The lowest BCUT2D eigenvalue weighted by molar-refractivity contribution is -0.137. The molecule has 2 saturated carbocycles. The highest BCUT2D eigenvalue weighted by atomic mass is 35.5. The Balaban J connectivity index is 0.00000306. The molecule has 0 bridgehead atoms. The SMILES string of the molecule is CC(=O)N(c1ccc(C(F)(F)F)cc1)C1CSC(=NC2CCCCC2)N1C1CCCCC1.Cl. The molecule has 1 aliphatic heterocycles. The van der Waals surface area contributed by atoms with Gasteiger partial charge in [0.1, 0.15) is 6.17 Å². The lowest BCUT2D eigenvalue weighted by Crippen LogP contribution is -2.54. The van der Waals surface area contributed by atoms with Gasteiger partial charge < -0.3 is 4.90 Å². The van der Waals surface area contributed by atoms with Crippen molar-refractivity contribution in [3.05, 3.63) is 29.8 Å². The third-order valence-electron chi connectivity index (χ3n) is 6.85. The van der Waals surface area contributed by atoms with E-state index in [0.717, 1.165) is 55.8 Å². The van der Waals surface area contributed by atoms with Gasteiger partial charge in [0, 0.05) is 24.4 Å². The van der Waals surface area contributed by atoms with Crippen molar-refractivity contribution in [1.82, 2.24) is 4.90 Å². The number of nitrogens with zero attached hydrogens (tertiary/aromatic N) is 3. The molecule has 33 heavy (non-hydrogen) atoms. The number of amides is 1. The summed E-state index contributed by atoms with van der Waals surface area (Å²) in [6, 6.07) is 5.63. The first kappa shape index (κ1) is 26.2. The summed E-state index contributed by atoms with van der Waals surface area (Å²) in [6.07, 6.45) is 7.00. The molecule has 1 heterocycles. The number of carbonyl (C=O) groups excluding carboxylic acids is 1. The van der Waals surface area contributed by atoms with Gasteiger partial charge in [-0.1, -0.05) is 50.3 Å². The second kappa shape index (κ2) is 11.3. The van der Waals surface area contributed by atoms with Crippen LogP contribution in [0.1, 0.15) is 76.7 Å². The summed E-state index contributed by atoms with van der Waals surface area (Å²) in [4.78, 5) is 21.9. The Morgan fingerprint density at radius 1 is 1.00 bits per heavy atom. The average Bonchev–Trinajstić information content (AvgIpc) is 3.17. The first-order valence-electron chi connectivity index (χ1n) is 11.8. The molecule has 1 unspecified atom stereocenters. The van der Waals surface area contributed by atoms with E-state index in [0.29, 0.717) is 23.5 Å². The van der Waals surface area contributed by atoms with Gasteiger partial charge >= 0.3 is 6.18 Å². The molecule has 1 atom stereocenters. The van der Waals surface area contributed by atoms with Gasteiger partial charge in [-0.25, -0.2) is 0 Å². The predicted molar refractivity (Wildman–Crippen MR) is 131 cm³/mol. The quantitative estimate of drug-likeness (QED) is 0.449. The van der Waals surface area contributed by atoms with Gasteiger partial charge in [0.25, 0.3) is 0 Å². The fraction of sp³-hybridized carbons (Fsp3) is 0.667. The van der Waals surface area contributed by atoms with E-state index < -0.39 is 11.7 Å². The number of alkyl halides is 3. The van der Waals surface area contributed by atoms with E-state index in [-0.39, 0.29) is 24.5 Å². The van der Waals surface area contributed by atoms with Gasteiger partial charge in [-0.2, -0.15) is 13.2 Å². The van der Waals surface area contributed by atoms with Crippen LogP contribution in [0, 0.1) is 0 Å². The van der Waals surface area contributed by atoms with Crippen molar-refractivity contribution < 1.29 is 18.0 Å². The van der Waals surface area contributed by atoms with Crippen LogP contribution < -0.4 is 4.90 Å². The molecule has 0 N–H and O–H groups in total. The lowest BCUT2D eigenvalue weighted by Gasteiger charge is -2.41. The Hall–Kier alpha value is -1.41. The van der Waals surface area contributed by atoms with Crippen LogP contribution in [0.3, 0.4) is 0 Å². The Morgan fingerprint density at radius 2 is 1.58 bits per heavy atom. The van der Waals surface area contributed by atoms with E-state index in [4.69, 9.17) is 4.99 Å². The van der Waals surface area contributed by atoms with Gasteiger partial charge in [-0.05, 0) is 49.9 Å². The van der Waals surface area contributed by atoms with Crippen molar-refractivity contribution >= 4 is 40.9 Å². The van der Waals surface area contributed by atoms with E-state index in [1.54, 1.807) is 16.7 Å². The monoisotopic (exact) mass is 503 g/mol. The highest BCUT2D eigenvalue weighted by Crippen LogP contribution is 2.38. The number of amidine groups is 1. The van der Waals surface area contributed by atoms with Gasteiger partial charge in [-0.3, -0.25) is 14.7 Å². The molecule has 184 valence electrons. The van der Waals surface area contributed by atoms with Gasteiger partial charge in [0.15, 0.2) is 5.17 Å². The molecule has 1 amide bonds. The Labute approximate surface area is 204 Å². The number of carbonyl (C=O) groups is 1. The van der Waals surface area contributed by atoms with E-state index in [2.05, 4.69) is 4.90 Å². The van der Waals surface area contributed by atoms with Crippen LogP contribution in [0.4, 0.5) is 18.9 Å². The second-order valence-corrected chi connectivity index (χ2v) is 10.1. The average molecular weight is 504 g/mol. The molecule has 4 rings (SSSR count). The van der Waals surface area contributed by atoms with E-state index >= 15 is 0 Å². The molecule has 2 aliphatic carbocycles. The Kier molecular flexibility index (Phi) is 9.01. The summed E-state index contributed by atoms with van der Waals surface area (Å²) in [5.74, 6) is 0.526. The standard InChI is InChI=1S/C24H32F3N3OS.ClH/c1-17(31)29(21-14-12-18(13-15-21)24(25,26)27)22-16-32-23(28-19-8-4-2-5-9-19)30(22)20-10-6-3-7-11-20;/h12-15,19-20,22H,2-11,16H2,1H3;1H. The number of halogens is 4. The molecule has 0 radical (unpaired) electrons. The fourth-order valence-electron chi connectivity index (χ4n) is 5.23. The smallest absolute Gasteiger partial charge is 0.327 e. The Morgan fingerprint density at radius 3 is 2.12 bits per heavy atom. The van der Waals surface area contributed by atoms with Crippen LogP contribution in [-0.4, -0.2) is 40.0 Å². The maximum atomic E-state index is 13.1. The largest absolute Gasteiger partial charge is 0.416 e. The maximum Gasteiger partial charge on any atom is 0.416 e. The van der Waals surface area contributed by atoms with Crippen molar-refractivity contribution in [2.45, 2.75) is 95.6 Å². The molecule has 0 aromatic heterocycles. The number of aliphatic imine (C=N–C) groups is 1. The summed E-state index contributed by atoms with van der Waals surface area (Å²) in [5.41, 5.74) is -0.190. The summed E-state index contributed by atoms with van der Waals surface area (Å²) >= 11 is 1.70. The van der Waals surface area contributed by atoms with Gasteiger partial charge in [-0.15, -0.1) is 12.4 Å². The van der Waals surface area contributed by atoms with Crippen molar-refractivity contribution in [2.75, 3.05) is 10.7 Å². The van der Waals surface area contributed by atoms with Crippen LogP contribution in [0.25, 0.3) is 0 Å². The van der Waals surface area contributed by atoms with E-state index in [1.807, 2.05) is 0 Å². The minimum absolute atomic E-state index is 0. The van der Waals surface area contributed by atoms with Crippen LogP contribution in [0.2, 0.25) is 0 Å². The first-order chi connectivity index (χ1) is 15.3. The highest BCUT2D eigenvalue weighted by molar-refractivity contribution is 8.14. The molecule has 0 spiro atoms. The fourth-order valence-corrected chi connectivity index (χ4v) is 6.49. The third kappa shape index (κ3) is 6.18. The van der Waals surface area contributed by atoms with E-state index in [9.17, 15) is 18.0 Å². The third-order valence-corrected chi connectivity index (χ3v) is 7.89. The number of anilines is 1. The predicted octanol–water partition coefficient (Wildman–Crippen LogP) is 6.88. The number of benzene rings is 1. The number of thioether (sulfide) groups is 1. The lowest BCUT2D eigenvalue weighted by atomic mass is 9.94. The molecule has 9 heteroatoms. The summed E-state index contributed by atoms with van der Waals surface area (Å²) in [5, 5.41) is 1.02. The van der Waals surface area contributed by atoms with E-state index in [1.165, 1.54) is 44.7 Å². The maximum absolute atomic E-state index is 13.1. The van der Waals surface area contributed by atoms with Crippen LogP contribution in [0.5, 0.6) is 0 Å². The molecular formula is C24H33ClF3N3OS. The highest BCUT2D eigenvalue weighted by Gasteiger charge is 2.41. The molecule has 1 saturated heterocycles. The molecule has 1 aromatic carbocycles. The van der Waals surface area contributed by atoms with Crippen molar-refractivity contribution in [3.63, 3.8) is 0 Å². The summed E-state index contributed by atoms with van der Waals surface area (Å²) < 4.78 is 39.2. The van der Waals surface area contributed by atoms with Gasteiger partial charge in [0.2, 0.25) is 5.91 Å². The molecular weight excluding hydrogens is 471 g/mol. The minimum atomic E-state index is -4.39. The van der Waals surface area contributed by atoms with Crippen molar-refractivity contribution in [1.29, 1.82) is 0 Å². The number of hydrogen-bond acceptors (Lipinski definition) is 3. The summed E-state index contributed by atoms with van der Waals surface area (Å²) in [7, 11) is 0. The van der Waals surface area contributed by atoms with Crippen LogP contribution >= 0.6 is 24.2 Å². The topological polar surface area (TPSA) is 35.9 Å². The number of rotatable bonds is 4. The van der Waals surface area contributed by atoms with Crippen LogP contribution in [0.15, 0.2) is 29.3 Å². The second-order valence-electron chi connectivity index (χ2n) is 9.13. The van der Waals surface area contributed by atoms with Gasteiger partial charge in [0.05, 0.1) is 11.6 Å². The van der Waals surface area contributed by atoms with Crippen molar-refractivity contribution in [3.8, 4) is 0 Å². The van der Waals surface area contributed by atoms with Crippen LogP contribution in [-0.2, 0) is 11.0 Å².